The molecule has 7 nitrogen and oxygen atoms in total. The number of rotatable bonds is 3. The molecule has 0 saturated heterocycles. The highest BCUT2D eigenvalue weighted by molar-refractivity contribution is 5.69. The average Bonchev–Trinajstić information content (AvgIpc) is 2.75. The van der Waals surface area contributed by atoms with Crippen LogP contribution in [0.2, 0.25) is 0 Å². The molecule has 0 aromatic carbocycles. The number of aromatic nitrogens is 4. The lowest BCUT2D eigenvalue weighted by atomic mass is 10.1. The maximum absolute atomic E-state index is 11.7. The van der Waals surface area contributed by atoms with Crippen molar-refractivity contribution in [3.63, 3.8) is 0 Å². The lowest BCUT2D eigenvalue weighted by Crippen LogP contribution is -2.29. The van der Waals surface area contributed by atoms with Gasteiger partial charge in [-0.25, -0.2) is 9.78 Å². The quantitative estimate of drug-likeness (QED) is 0.822. The fraction of sp³-hybridized carbons (Fsp3) is 0.545. The SMILES string of the molecule is CCn1c(=O)[nH]c(=O)c2[nH]c(C(C)(C)OC)nc21. The van der Waals surface area contributed by atoms with E-state index >= 15 is 0 Å². The van der Waals surface area contributed by atoms with Crippen molar-refractivity contribution in [3.8, 4) is 0 Å². The van der Waals surface area contributed by atoms with Crippen molar-refractivity contribution in [2.75, 3.05) is 7.11 Å². The summed E-state index contributed by atoms with van der Waals surface area (Å²) in [6.07, 6.45) is 0. The van der Waals surface area contributed by atoms with E-state index in [1.165, 1.54) is 4.57 Å². The summed E-state index contributed by atoms with van der Waals surface area (Å²) in [5.74, 6) is 0.512. The van der Waals surface area contributed by atoms with Crippen LogP contribution in [-0.4, -0.2) is 26.6 Å². The molecule has 0 unspecified atom stereocenters. The Kier molecular flexibility index (Phi) is 2.86. The second-order valence-electron chi connectivity index (χ2n) is 4.50. The minimum absolute atomic E-state index is 0.288. The highest BCUT2D eigenvalue weighted by Gasteiger charge is 2.25. The maximum atomic E-state index is 11.7. The zero-order valence-electron chi connectivity index (χ0n) is 10.8. The Hall–Kier alpha value is -1.89. The molecular weight excluding hydrogens is 236 g/mol. The minimum atomic E-state index is -0.653. The third-order valence-electron chi connectivity index (χ3n) is 3.03. The molecular formula is C11H16N4O3. The van der Waals surface area contributed by atoms with E-state index in [1.807, 2.05) is 20.8 Å². The van der Waals surface area contributed by atoms with Crippen LogP contribution in [0.25, 0.3) is 11.2 Å². The van der Waals surface area contributed by atoms with Gasteiger partial charge in [0.25, 0.3) is 5.56 Å². The monoisotopic (exact) mass is 252 g/mol. The molecule has 98 valence electrons. The topological polar surface area (TPSA) is 92.8 Å². The average molecular weight is 252 g/mol. The first-order chi connectivity index (χ1) is 8.40. The Balaban J connectivity index is 2.83. The summed E-state index contributed by atoms with van der Waals surface area (Å²) in [7, 11) is 1.56. The number of fused-ring (bicyclic) bond motifs is 1. The predicted octanol–water partition coefficient (Wildman–Crippen LogP) is 0.314. The van der Waals surface area contributed by atoms with Crippen LogP contribution in [0.3, 0.4) is 0 Å². The summed E-state index contributed by atoms with van der Waals surface area (Å²) in [4.78, 5) is 32.8. The molecule has 2 N–H and O–H groups in total. The standard InChI is InChI=1S/C11H16N4O3/c1-5-15-7-6(8(16)14-10(15)17)12-9(13-7)11(2,3)18-4/h5H2,1-4H3,(H,12,13)(H,14,16,17). The molecule has 2 aromatic rings. The molecule has 18 heavy (non-hydrogen) atoms. The van der Waals surface area contributed by atoms with Crippen LogP contribution in [-0.2, 0) is 16.9 Å². The van der Waals surface area contributed by atoms with Crippen molar-refractivity contribution in [3.05, 3.63) is 26.7 Å². The Morgan fingerprint density at radius 2 is 2.00 bits per heavy atom. The van der Waals surface area contributed by atoms with Crippen molar-refractivity contribution in [1.82, 2.24) is 19.5 Å². The zero-order chi connectivity index (χ0) is 13.5. The third kappa shape index (κ3) is 1.76. The van der Waals surface area contributed by atoms with Crippen molar-refractivity contribution >= 4 is 11.2 Å². The molecule has 2 rings (SSSR count). The smallest absolute Gasteiger partial charge is 0.330 e. The zero-order valence-corrected chi connectivity index (χ0v) is 10.8. The number of hydrogen-bond acceptors (Lipinski definition) is 4. The molecule has 2 aromatic heterocycles. The second-order valence-corrected chi connectivity index (χ2v) is 4.50. The number of methoxy groups -OCH3 is 1. The Morgan fingerprint density at radius 3 is 2.56 bits per heavy atom. The normalized spacial score (nSPS) is 12.2. The first-order valence-electron chi connectivity index (χ1n) is 5.69. The molecule has 0 bridgehead atoms. The Bertz CT molecular complexity index is 692. The first-order valence-corrected chi connectivity index (χ1v) is 5.69. The lowest BCUT2D eigenvalue weighted by Gasteiger charge is -2.19. The van der Waals surface area contributed by atoms with Gasteiger partial charge < -0.3 is 9.72 Å². The summed E-state index contributed by atoms with van der Waals surface area (Å²) < 4.78 is 6.71. The Labute approximate surface area is 103 Å². The molecule has 7 heteroatoms. The first kappa shape index (κ1) is 12.6. The van der Waals surface area contributed by atoms with Gasteiger partial charge in [-0.15, -0.1) is 0 Å². The van der Waals surface area contributed by atoms with E-state index < -0.39 is 16.9 Å². The van der Waals surface area contributed by atoms with Crippen molar-refractivity contribution in [1.29, 1.82) is 0 Å². The lowest BCUT2D eigenvalue weighted by molar-refractivity contribution is 0.0124. The van der Waals surface area contributed by atoms with Gasteiger partial charge >= 0.3 is 5.69 Å². The summed E-state index contributed by atoms with van der Waals surface area (Å²) in [5, 5.41) is 0. The number of aryl methyl sites for hydroxylation is 1. The number of ether oxygens (including phenoxy) is 1. The van der Waals surface area contributed by atoms with E-state index in [4.69, 9.17) is 4.74 Å². The van der Waals surface area contributed by atoms with Crippen molar-refractivity contribution in [2.45, 2.75) is 32.9 Å². The summed E-state index contributed by atoms with van der Waals surface area (Å²) >= 11 is 0. The summed E-state index contributed by atoms with van der Waals surface area (Å²) in [6.45, 7) is 5.90. The largest absolute Gasteiger partial charge is 0.371 e. The van der Waals surface area contributed by atoms with Crippen LogP contribution in [0.4, 0.5) is 0 Å². The fourth-order valence-corrected chi connectivity index (χ4v) is 1.72. The third-order valence-corrected chi connectivity index (χ3v) is 3.03. The number of aromatic amines is 2. The van der Waals surface area contributed by atoms with Crippen LogP contribution in [0.5, 0.6) is 0 Å². The number of H-pyrrole nitrogens is 2. The van der Waals surface area contributed by atoms with Crippen LogP contribution < -0.4 is 11.2 Å². The van der Waals surface area contributed by atoms with Crippen LogP contribution in [0.1, 0.15) is 26.6 Å². The molecule has 0 spiro atoms. The van der Waals surface area contributed by atoms with E-state index in [2.05, 4.69) is 15.0 Å². The van der Waals surface area contributed by atoms with Gasteiger partial charge in [0.1, 0.15) is 16.9 Å². The molecule has 0 atom stereocenters. The van der Waals surface area contributed by atoms with Crippen molar-refractivity contribution < 1.29 is 4.74 Å². The van der Waals surface area contributed by atoms with E-state index in [1.54, 1.807) is 7.11 Å². The maximum Gasteiger partial charge on any atom is 0.330 e. The van der Waals surface area contributed by atoms with Gasteiger partial charge in [-0.3, -0.25) is 14.3 Å². The second kappa shape index (κ2) is 4.09. The van der Waals surface area contributed by atoms with Gasteiger partial charge in [-0.2, -0.15) is 0 Å². The van der Waals surface area contributed by atoms with Gasteiger partial charge in [0, 0.05) is 13.7 Å². The van der Waals surface area contributed by atoms with Crippen LogP contribution in [0, 0.1) is 0 Å². The molecule has 0 aliphatic carbocycles. The van der Waals surface area contributed by atoms with Gasteiger partial charge in [-0.1, -0.05) is 0 Å². The highest BCUT2D eigenvalue weighted by atomic mass is 16.5. The van der Waals surface area contributed by atoms with E-state index in [9.17, 15) is 9.59 Å². The van der Waals surface area contributed by atoms with Gasteiger partial charge in [0.2, 0.25) is 0 Å². The summed E-state index contributed by atoms with van der Waals surface area (Å²) in [5.41, 5.74) is -0.934. The summed E-state index contributed by atoms with van der Waals surface area (Å²) in [6, 6.07) is 0. The predicted molar refractivity (Wildman–Crippen MR) is 66.7 cm³/mol. The molecule has 0 saturated carbocycles. The van der Waals surface area contributed by atoms with E-state index in [-0.39, 0.29) is 5.52 Å². The molecule has 0 amide bonds. The van der Waals surface area contributed by atoms with Crippen molar-refractivity contribution in [2.24, 2.45) is 0 Å². The Morgan fingerprint density at radius 1 is 1.33 bits per heavy atom. The van der Waals surface area contributed by atoms with Crippen LogP contribution >= 0.6 is 0 Å². The van der Waals surface area contributed by atoms with Gasteiger partial charge in [-0.05, 0) is 20.8 Å². The molecule has 0 radical (unpaired) electrons. The molecule has 0 aliphatic rings. The van der Waals surface area contributed by atoms with Gasteiger partial charge in [0.15, 0.2) is 5.65 Å². The van der Waals surface area contributed by atoms with Gasteiger partial charge in [0.05, 0.1) is 0 Å². The minimum Gasteiger partial charge on any atom is -0.371 e. The molecule has 2 heterocycles. The number of imidazole rings is 1. The van der Waals surface area contributed by atoms with Crippen LogP contribution in [0.15, 0.2) is 9.59 Å². The van der Waals surface area contributed by atoms with E-state index in [0.717, 1.165) is 0 Å². The highest BCUT2D eigenvalue weighted by Crippen LogP contribution is 2.21. The van der Waals surface area contributed by atoms with E-state index in [0.29, 0.717) is 18.0 Å². The number of hydrogen-bond donors (Lipinski definition) is 2. The number of nitrogens with one attached hydrogen (secondary N) is 2. The molecule has 0 fully saturated rings. The molecule has 0 aliphatic heterocycles. The fourth-order valence-electron chi connectivity index (χ4n) is 1.72. The number of nitrogens with zero attached hydrogens (tertiary/aromatic N) is 2.